The van der Waals surface area contributed by atoms with Crippen LogP contribution in [0.2, 0.25) is 0 Å². The van der Waals surface area contributed by atoms with Crippen LogP contribution in [-0.4, -0.2) is 22.9 Å². The first-order valence-corrected chi connectivity index (χ1v) is 11.7. The maximum atomic E-state index is 12.5. The second-order valence-corrected chi connectivity index (χ2v) is 9.67. The third kappa shape index (κ3) is 4.85. The lowest BCUT2D eigenvalue weighted by molar-refractivity contribution is 0.256. The fourth-order valence-corrected chi connectivity index (χ4v) is 4.43. The zero-order chi connectivity index (χ0) is 21.9. The Hall–Kier alpha value is -3.21. The van der Waals surface area contributed by atoms with Crippen molar-refractivity contribution >= 4 is 31.8 Å². The molecule has 8 nitrogen and oxygen atoms in total. The van der Waals surface area contributed by atoms with E-state index in [1.54, 1.807) is 24.3 Å². The SMILES string of the molecule is Cc1ccc(-c2cccc(S(N)(=O)=O)c2NC(=O)NS(=O)(=O)c2ccccc2)cc1. The van der Waals surface area contributed by atoms with Gasteiger partial charge in [-0.05, 0) is 30.7 Å². The molecule has 0 aromatic heterocycles. The minimum absolute atomic E-state index is 0.112. The van der Waals surface area contributed by atoms with E-state index >= 15 is 0 Å². The number of urea groups is 1. The molecule has 30 heavy (non-hydrogen) atoms. The topological polar surface area (TPSA) is 135 Å². The summed E-state index contributed by atoms with van der Waals surface area (Å²) in [6.07, 6.45) is 0. The number of nitrogens with one attached hydrogen (secondary N) is 2. The van der Waals surface area contributed by atoms with Gasteiger partial charge in [-0.2, -0.15) is 0 Å². The second-order valence-electron chi connectivity index (χ2n) is 6.46. The summed E-state index contributed by atoms with van der Waals surface area (Å²) in [5.74, 6) is 0. The van der Waals surface area contributed by atoms with E-state index in [4.69, 9.17) is 5.14 Å². The van der Waals surface area contributed by atoms with E-state index in [9.17, 15) is 21.6 Å². The van der Waals surface area contributed by atoms with Crippen LogP contribution in [-0.2, 0) is 20.0 Å². The predicted octanol–water partition coefficient (Wildman–Crippen LogP) is 2.82. The number of carbonyl (C=O) groups is 1. The summed E-state index contributed by atoms with van der Waals surface area (Å²) >= 11 is 0. The molecule has 0 unspecified atom stereocenters. The van der Waals surface area contributed by atoms with E-state index in [0.29, 0.717) is 11.1 Å². The van der Waals surface area contributed by atoms with Crippen molar-refractivity contribution in [2.45, 2.75) is 16.7 Å². The van der Waals surface area contributed by atoms with Gasteiger partial charge in [-0.15, -0.1) is 0 Å². The number of hydrogen-bond donors (Lipinski definition) is 3. The number of hydrogen-bond acceptors (Lipinski definition) is 5. The van der Waals surface area contributed by atoms with Gasteiger partial charge in [0.1, 0.15) is 4.90 Å². The van der Waals surface area contributed by atoms with Crippen molar-refractivity contribution in [2.75, 3.05) is 5.32 Å². The first kappa shape index (κ1) is 21.5. The van der Waals surface area contributed by atoms with Crippen LogP contribution in [0.3, 0.4) is 0 Å². The number of para-hydroxylation sites is 1. The van der Waals surface area contributed by atoms with Crippen LogP contribution in [0.15, 0.2) is 82.6 Å². The molecule has 4 N–H and O–H groups in total. The van der Waals surface area contributed by atoms with Gasteiger partial charge in [0.15, 0.2) is 0 Å². The molecule has 0 saturated heterocycles. The molecule has 0 fully saturated rings. The van der Waals surface area contributed by atoms with Crippen LogP contribution in [0, 0.1) is 6.92 Å². The Morgan fingerprint density at radius 2 is 1.47 bits per heavy atom. The van der Waals surface area contributed by atoms with Crippen LogP contribution in [0.5, 0.6) is 0 Å². The zero-order valence-electron chi connectivity index (χ0n) is 15.9. The van der Waals surface area contributed by atoms with Crippen molar-refractivity contribution in [1.82, 2.24) is 4.72 Å². The van der Waals surface area contributed by atoms with E-state index < -0.39 is 26.1 Å². The maximum Gasteiger partial charge on any atom is 0.333 e. The molecule has 0 spiro atoms. The van der Waals surface area contributed by atoms with Gasteiger partial charge in [-0.3, -0.25) is 0 Å². The highest BCUT2D eigenvalue weighted by Gasteiger charge is 2.23. The molecule has 0 aliphatic carbocycles. The van der Waals surface area contributed by atoms with E-state index in [-0.39, 0.29) is 15.5 Å². The Labute approximate surface area is 174 Å². The summed E-state index contributed by atoms with van der Waals surface area (Å²) in [4.78, 5) is 12.0. The van der Waals surface area contributed by atoms with Crippen LogP contribution in [0.1, 0.15) is 5.56 Å². The average Bonchev–Trinajstić information content (AvgIpc) is 2.68. The molecule has 0 aliphatic heterocycles. The van der Waals surface area contributed by atoms with Crippen LogP contribution in [0.4, 0.5) is 10.5 Å². The van der Waals surface area contributed by atoms with Gasteiger partial charge in [0, 0.05) is 5.56 Å². The average molecular weight is 446 g/mol. The first-order valence-electron chi connectivity index (χ1n) is 8.69. The number of rotatable bonds is 5. The summed E-state index contributed by atoms with van der Waals surface area (Å²) in [5.41, 5.74) is 1.85. The third-order valence-electron chi connectivity index (χ3n) is 4.21. The van der Waals surface area contributed by atoms with Gasteiger partial charge in [-0.1, -0.05) is 60.2 Å². The molecular formula is C20H19N3O5S2. The molecule has 0 heterocycles. The Morgan fingerprint density at radius 1 is 0.833 bits per heavy atom. The van der Waals surface area contributed by atoms with Gasteiger partial charge >= 0.3 is 6.03 Å². The molecule has 3 rings (SSSR count). The van der Waals surface area contributed by atoms with E-state index in [1.165, 1.54) is 36.4 Å². The van der Waals surface area contributed by atoms with Gasteiger partial charge in [0.2, 0.25) is 10.0 Å². The Morgan fingerprint density at radius 3 is 2.07 bits per heavy atom. The first-order chi connectivity index (χ1) is 14.1. The quantitative estimate of drug-likeness (QED) is 0.555. The van der Waals surface area contributed by atoms with Crippen molar-refractivity contribution in [3.63, 3.8) is 0 Å². The number of sulfonamides is 2. The van der Waals surface area contributed by atoms with Gasteiger partial charge in [0.05, 0.1) is 10.6 Å². The van der Waals surface area contributed by atoms with Crippen LogP contribution < -0.4 is 15.2 Å². The molecule has 0 radical (unpaired) electrons. The van der Waals surface area contributed by atoms with Gasteiger partial charge < -0.3 is 5.32 Å². The van der Waals surface area contributed by atoms with E-state index in [0.717, 1.165) is 5.56 Å². The normalized spacial score (nSPS) is 11.7. The summed E-state index contributed by atoms with van der Waals surface area (Å²) in [6.45, 7) is 1.89. The summed E-state index contributed by atoms with van der Waals surface area (Å²) in [7, 11) is -8.36. The molecule has 0 bridgehead atoms. The van der Waals surface area contributed by atoms with E-state index in [1.807, 2.05) is 23.8 Å². The number of aryl methyl sites for hydroxylation is 1. The predicted molar refractivity (Wildman–Crippen MR) is 114 cm³/mol. The van der Waals surface area contributed by atoms with Crippen LogP contribution in [0.25, 0.3) is 11.1 Å². The van der Waals surface area contributed by atoms with Crippen molar-refractivity contribution in [2.24, 2.45) is 5.14 Å². The Bertz CT molecular complexity index is 1290. The number of anilines is 1. The minimum Gasteiger partial charge on any atom is -0.305 e. The standard InChI is InChI=1S/C20H19N3O5S2/c1-14-10-12-15(13-11-14)17-8-5-9-18(29(21,25)26)19(17)22-20(24)23-30(27,28)16-6-3-2-4-7-16/h2-13H,1H3,(H2,21,25,26)(H2,22,23,24). The Kier molecular flexibility index (Phi) is 5.92. The summed E-state index contributed by atoms with van der Waals surface area (Å²) in [5, 5.41) is 7.64. The maximum absolute atomic E-state index is 12.5. The highest BCUT2D eigenvalue weighted by molar-refractivity contribution is 7.90. The number of amides is 2. The van der Waals surface area contributed by atoms with Crippen molar-refractivity contribution in [3.05, 3.63) is 78.4 Å². The second kappa shape index (κ2) is 8.27. The van der Waals surface area contributed by atoms with Crippen LogP contribution >= 0.6 is 0 Å². The molecule has 3 aromatic carbocycles. The lowest BCUT2D eigenvalue weighted by Crippen LogP contribution is -2.35. The lowest BCUT2D eigenvalue weighted by atomic mass is 10.0. The minimum atomic E-state index is -4.21. The van der Waals surface area contributed by atoms with Gasteiger partial charge in [0.25, 0.3) is 10.0 Å². The van der Waals surface area contributed by atoms with Crippen molar-refractivity contribution in [1.29, 1.82) is 0 Å². The van der Waals surface area contributed by atoms with Crippen molar-refractivity contribution in [3.8, 4) is 11.1 Å². The molecule has 0 saturated carbocycles. The number of benzene rings is 3. The molecular weight excluding hydrogens is 426 g/mol. The lowest BCUT2D eigenvalue weighted by Gasteiger charge is -2.16. The summed E-state index contributed by atoms with van der Waals surface area (Å²) in [6, 6.07) is 17.6. The van der Waals surface area contributed by atoms with Gasteiger partial charge in [-0.25, -0.2) is 31.5 Å². The molecule has 10 heteroatoms. The summed E-state index contributed by atoms with van der Waals surface area (Å²) < 4.78 is 50.8. The largest absolute Gasteiger partial charge is 0.333 e. The molecule has 0 aliphatic rings. The fraction of sp³-hybridized carbons (Fsp3) is 0.0500. The molecule has 156 valence electrons. The zero-order valence-corrected chi connectivity index (χ0v) is 17.5. The highest BCUT2D eigenvalue weighted by Crippen LogP contribution is 2.33. The molecule has 3 aromatic rings. The number of nitrogens with two attached hydrogens (primary N) is 1. The monoisotopic (exact) mass is 445 g/mol. The highest BCUT2D eigenvalue weighted by atomic mass is 32.2. The third-order valence-corrected chi connectivity index (χ3v) is 6.51. The Balaban J connectivity index is 2.02. The smallest absolute Gasteiger partial charge is 0.305 e. The van der Waals surface area contributed by atoms with E-state index in [2.05, 4.69) is 5.32 Å². The fourth-order valence-electron chi connectivity index (χ4n) is 2.79. The molecule has 2 amide bonds. The molecule has 0 atom stereocenters. The number of primary sulfonamides is 1. The van der Waals surface area contributed by atoms with Crippen molar-refractivity contribution < 1.29 is 21.6 Å². The number of carbonyl (C=O) groups excluding carboxylic acids is 1.